The molecule has 0 radical (unpaired) electrons. The summed E-state index contributed by atoms with van der Waals surface area (Å²) in [6, 6.07) is 7.26. The number of halogens is 2. The number of nitrogens with zero attached hydrogens (tertiary/aromatic N) is 9. The molecule has 11 nitrogen and oxygen atoms in total. The van der Waals surface area contributed by atoms with Gasteiger partial charge in [-0.2, -0.15) is 0 Å². The van der Waals surface area contributed by atoms with Crippen LogP contribution in [0.4, 0.5) is 25.2 Å². The Labute approximate surface area is 255 Å². The SMILES string of the molecule is CCN1C(=O)c2nc(-c3ccc(N4CCN(C(=O)N(C)C)CC4)nc3)n(Cc3ccc(F)cc3F)c2N2C[C@@H](C(C)C)N=C12. The van der Waals surface area contributed by atoms with E-state index in [4.69, 9.17) is 15.0 Å². The summed E-state index contributed by atoms with van der Waals surface area (Å²) >= 11 is 0. The second kappa shape index (κ2) is 11.5. The van der Waals surface area contributed by atoms with Gasteiger partial charge in [0, 0.05) is 70.2 Å². The Morgan fingerprint density at radius 2 is 1.84 bits per heavy atom. The molecule has 44 heavy (non-hydrogen) atoms. The van der Waals surface area contributed by atoms with E-state index in [1.807, 2.05) is 33.4 Å². The number of carbonyl (C=O) groups is 2. The van der Waals surface area contributed by atoms with Crippen LogP contribution in [0.15, 0.2) is 41.5 Å². The predicted octanol–water partition coefficient (Wildman–Crippen LogP) is 3.75. The van der Waals surface area contributed by atoms with E-state index in [1.165, 1.54) is 12.1 Å². The third kappa shape index (κ3) is 5.13. The smallest absolute Gasteiger partial charge is 0.319 e. The van der Waals surface area contributed by atoms with Crippen molar-refractivity contribution in [1.29, 1.82) is 0 Å². The Morgan fingerprint density at radius 1 is 1.09 bits per heavy atom. The van der Waals surface area contributed by atoms with Crippen molar-refractivity contribution < 1.29 is 18.4 Å². The third-order valence-corrected chi connectivity index (χ3v) is 8.47. The van der Waals surface area contributed by atoms with Crippen molar-refractivity contribution in [3.8, 4) is 11.4 Å². The molecule has 0 unspecified atom stereocenters. The van der Waals surface area contributed by atoms with Gasteiger partial charge in [0.05, 0.1) is 19.1 Å². The highest BCUT2D eigenvalue weighted by Crippen LogP contribution is 2.38. The first kappa shape index (κ1) is 29.5. The van der Waals surface area contributed by atoms with Crippen LogP contribution in [0.25, 0.3) is 11.4 Å². The molecule has 0 spiro atoms. The number of hydrogen-bond acceptors (Lipinski definition) is 7. The van der Waals surface area contributed by atoms with Gasteiger partial charge in [0.2, 0.25) is 5.96 Å². The average Bonchev–Trinajstić information content (AvgIpc) is 3.61. The van der Waals surface area contributed by atoms with E-state index in [1.54, 1.807) is 30.1 Å². The Balaban J connectivity index is 1.38. The highest BCUT2D eigenvalue weighted by atomic mass is 19.1. The molecule has 5 heterocycles. The topological polar surface area (TPSA) is 93.4 Å². The summed E-state index contributed by atoms with van der Waals surface area (Å²) in [6.45, 7) is 9.58. The van der Waals surface area contributed by atoms with Crippen molar-refractivity contribution in [3.05, 3.63) is 59.4 Å². The summed E-state index contributed by atoms with van der Waals surface area (Å²) in [4.78, 5) is 49.7. The third-order valence-electron chi connectivity index (χ3n) is 8.47. The van der Waals surface area contributed by atoms with E-state index in [9.17, 15) is 18.4 Å². The van der Waals surface area contributed by atoms with Crippen molar-refractivity contribution >= 4 is 29.5 Å². The molecule has 3 aromatic rings. The van der Waals surface area contributed by atoms with Crippen LogP contribution in [0.3, 0.4) is 0 Å². The number of anilines is 2. The fraction of sp³-hybridized carbons (Fsp3) is 0.452. The van der Waals surface area contributed by atoms with Crippen LogP contribution in [0.5, 0.6) is 0 Å². The molecule has 3 aliphatic rings. The van der Waals surface area contributed by atoms with Gasteiger partial charge < -0.3 is 19.3 Å². The second-order valence-electron chi connectivity index (χ2n) is 11.9. The average molecular weight is 606 g/mol. The Hall–Kier alpha value is -4.55. The van der Waals surface area contributed by atoms with E-state index >= 15 is 0 Å². The summed E-state index contributed by atoms with van der Waals surface area (Å²) in [6.07, 6.45) is 1.70. The molecule has 1 fully saturated rings. The molecule has 1 saturated heterocycles. The number of hydrogen-bond donors (Lipinski definition) is 0. The summed E-state index contributed by atoms with van der Waals surface area (Å²) in [5.41, 5.74) is 1.19. The molecule has 2 aromatic heterocycles. The van der Waals surface area contributed by atoms with Gasteiger partial charge in [-0.3, -0.25) is 14.6 Å². The maximum atomic E-state index is 15.0. The molecule has 0 saturated carbocycles. The molecule has 1 aromatic carbocycles. The number of aromatic nitrogens is 3. The largest absolute Gasteiger partial charge is 0.353 e. The number of urea groups is 1. The number of aliphatic imine (C=N–C) groups is 1. The van der Waals surface area contributed by atoms with Crippen LogP contribution < -0.4 is 9.80 Å². The van der Waals surface area contributed by atoms with E-state index in [0.29, 0.717) is 62.4 Å². The Morgan fingerprint density at radius 3 is 2.45 bits per heavy atom. The lowest BCUT2D eigenvalue weighted by molar-refractivity contribution is 0.0841. The highest BCUT2D eigenvalue weighted by molar-refractivity contribution is 6.18. The van der Waals surface area contributed by atoms with Gasteiger partial charge in [-0.25, -0.2) is 28.5 Å². The zero-order valence-corrected chi connectivity index (χ0v) is 25.7. The number of carbonyl (C=O) groups excluding carboxylic acids is 2. The van der Waals surface area contributed by atoms with E-state index in [-0.39, 0.29) is 41.7 Å². The molecule has 13 heteroatoms. The van der Waals surface area contributed by atoms with Crippen molar-refractivity contribution in [2.45, 2.75) is 33.4 Å². The van der Waals surface area contributed by atoms with Gasteiger partial charge in [0.1, 0.15) is 29.1 Å². The van der Waals surface area contributed by atoms with Gasteiger partial charge in [-0.05, 0) is 31.0 Å². The first-order valence-electron chi connectivity index (χ1n) is 15.0. The van der Waals surface area contributed by atoms with Crippen LogP contribution in [0.1, 0.15) is 36.8 Å². The lowest BCUT2D eigenvalue weighted by Crippen LogP contribution is -2.51. The zero-order valence-electron chi connectivity index (χ0n) is 25.7. The molecule has 232 valence electrons. The lowest BCUT2D eigenvalue weighted by atomic mass is 10.1. The molecule has 3 aliphatic heterocycles. The summed E-state index contributed by atoms with van der Waals surface area (Å²) < 4.78 is 30.6. The van der Waals surface area contributed by atoms with Crippen LogP contribution in [-0.2, 0) is 6.54 Å². The number of rotatable bonds is 6. The van der Waals surface area contributed by atoms with Crippen LogP contribution in [0.2, 0.25) is 0 Å². The minimum absolute atomic E-state index is 0.0107. The van der Waals surface area contributed by atoms with Gasteiger partial charge in [0.15, 0.2) is 5.69 Å². The zero-order chi connectivity index (χ0) is 31.3. The highest BCUT2D eigenvalue weighted by Gasteiger charge is 2.44. The number of benzene rings is 1. The predicted molar refractivity (Wildman–Crippen MR) is 164 cm³/mol. The monoisotopic (exact) mass is 605 g/mol. The standard InChI is InChI=1S/C31H37F2N9O2/c1-6-40-29(43)26-28(42-18-24(19(2)3)35-30(40)42)41(17-21-7-9-22(32)15-23(21)33)27(36-26)20-8-10-25(34-16-20)38-11-13-39(14-12-38)31(44)37(4)5/h7-10,15-16,19,24H,6,11-14,17-18H2,1-5H3/t24-/m0/s1. The molecule has 1 atom stereocenters. The summed E-state index contributed by atoms with van der Waals surface area (Å²) in [7, 11) is 3.49. The summed E-state index contributed by atoms with van der Waals surface area (Å²) in [5, 5.41) is 0. The molecule has 0 aliphatic carbocycles. The maximum absolute atomic E-state index is 15.0. The van der Waals surface area contributed by atoms with Crippen molar-refractivity contribution in [3.63, 3.8) is 0 Å². The van der Waals surface area contributed by atoms with Crippen LogP contribution >= 0.6 is 0 Å². The van der Waals surface area contributed by atoms with E-state index < -0.39 is 11.6 Å². The quantitative estimate of drug-likeness (QED) is 0.425. The van der Waals surface area contributed by atoms with Crippen molar-refractivity contribution in [2.75, 3.05) is 63.2 Å². The number of piperazine rings is 1. The number of fused-ring (bicyclic) bond motifs is 3. The van der Waals surface area contributed by atoms with Crippen molar-refractivity contribution in [1.82, 2.24) is 29.2 Å². The van der Waals surface area contributed by atoms with Gasteiger partial charge >= 0.3 is 6.03 Å². The van der Waals surface area contributed by atoms with Crippen LogP contribution in [0, 0.1) is 17.6 Å². The molecule has 0 N–H and O–H groups in total. The van der Waals surface area contributed by atoms with Gasteiger partial charge in [-0.15, -0.1) is 0 Å². The molecular formula is C31H37F2N9O2. The van der Waals surface area contributed by atoms with Crippen LogP contribution in [-0.4, -0.2) is 107 Å². The number of pyridine rings is 1. The maximum Gasteiger partial charge on any atom is 0.319 e. The first-order chi connectivity index (χ1) is 21.1. The van der Waals surface area contributed by atoms with E-state index in [2.05, 4.69) is 18.7 Å². The number of amides is 3. The lowest BCUT2D eigenvalue weighted by Gasteiger charge is -2.36. The van der Waals surface area contributed by atoms with Gasteiger partial charge in [-0.1, -0.05) is 19.9 Å². The fourth-order valence-corrected chi connectivity index (χ4v) is 5.95. The second-order valence-corrected chi connectivity index (χ2v) is 11.9. The van der Waals surface area contributed by atoms with Gasteiger partial charge in [0.25, 0.3) is 5.91 Å². The minimum Gasteiger partial charge on any atom is -0.353 e. The number of imidazole rings is 1. The molecule has 3 amide bonds. The van der Waals surface area contributed by atoms with E-state index in [0.717, 1.165) is 11.9 Å². The molecular weight excluding hydrogens is 568 g/mol. The molecule has 0 bridgehead atoms. The summed E-state index contributed by atoms with van der Waals surface area (Å²) in [5.74, 6) is 0.978. The van der Waals surface area contributed by atoms with Crippen molar-refractivity contribution in [2.24, 2.45) is 10.9 Å². The number of guanidine groups is 1. The molecule has 6 rings (SSSR count). The Kier molecular flexibility index (Phi) is 7.72. The fourth-order valence-electron chi connectivity index (χ4n) is 5.95. The normalized spacial score (nSPS) is 18.1. The minimum atomic E-state index is -0.675. The first-order valence-corrected chi connectivity index (χ1v) is 15.0. The Bertz CT molecular complexity index is 1610.